The highest BCUT2D eigenvalue weighted by atomic mass is 32.2. The molecule has 0 bridgehead atoms. The number of nitrogens with one attached hydrogen (secondary N) is 1. The number of carbonyl (C=O) groups is 1. The molecule has 0 atom stereocenters. The smallest absolute Gasteiger partial charge is 0.277 e. The monoisotopic (exact) mass is 288 g/mol. The van der Waals surface area contributed by atoms with Gasteiger partial charge in [0.05, 0.1) is 13.1 Å². The van der Waals surface area contributed by atoms with Crippen LogP contribution in [0.3, 0.4) is 0 Å². The Morgan fingerprint density at radius 3 is 2.53 bits per heavy atom. The van der Waals surface area contributed by atoms with E-state index in [1.165, 1.54) is 0 Å². The molecule has 0 radical (unpaired) electrons. The normalized spacial score (nSPS) is 11.4. The summed E-state index contributed by atoms with van der Waals surface area (Å²) in [5, 5.41) is 2.18. The highest BCUT2D eigenvalue weighted by molar-refractivity contribution is 7.98. The van der Waals surface area contributed by atoms with Gasteiger partial charge < -0.3 is 11.1 Å². The number of carbonyl (C=O) groups excluding carboxylic acids is 1. The summed E-state index contributed by atoms with van der Waals surface area (Å²) in [6.07, 6.45) is 0. The second-order valence-corrected chi connectivity index (χ2v) is 5.35. The fourth-order valence-electron chi connectivity index (χ4n) is 1.36. The van der Waals surface area contributed by atoms with Crippen LogP contribution < -0.4 is 11.1 Å². The van der Waals surface area contributed by atoms with Gasteiger partial charge in [-0.05, 0) is 23.4 Å². The van der Waals surface area contributed by atoms with E-state index >= 15 is 0 Å². The topological polar surface area (TPSA) is 55.1 Å². The average Bonchev–Trinajstić information content (AvgIpc) is 2.43. The molecular formula is C13H18F2N2OS. The van der Waals surface area contributed by atoms with E-state index in [0.717, 1.165) is 17.1 Å². The van der Waals surface area contributed by atoms with Crippen LogP contribution in [0.4, 0.5) is 8.78 Å². The first-order chi connectivity index (χ1) is 8.98. The molecule has 0 aliphatic rings. The van der Waals surface area contributed by atoms with Gasteiger partial charge in [-0.25, -0.2) is 8.78 Å². The first kappa shape index (κ1) is 15.9. The predicted molar refractivity (Wildman–Crippen MR) is 74.6 cm³/mol. The summed E-state index contributed by atoms with van der Waals surface area (Å²) >= 11 is 1.78. The molecule has 3 nitrogen and oxygen atoms in total. The van der Waals surface area contributed by atoms with Crippen molar-refractivity contribution >= 4 is 17.7 Å². The number of thioether (sulfide) groups is 1. The molecule has 0 saturated carbocycles. The molecule has 6 heteroatoms. The Hall–Kier alpha value is -1.14. The summed E-state index contributed by atoms with van der Waals surface area (Å²) in [4.78, 5) is 11.6. The number of hydrogen-bond donors (Lipinski definition) is 2. The fraction of sp³-hybridized carbons (Fsp3) is 0.462. The largest absolute Gasteiger partial charge is 0.346 e. The molecular weight excluding hydrogens is 270 g/mol. The minimum Gasteiger partial charge on any atom is -0.346 e. The molecule has 3 N–H and O–H groups in total. The zero-order chi connectivity index (χ0) is 14.3. The van der Waals surface area contributed by atoms with E-state index in [9.17, 15) is 13.6 Å². The van der Waals surface area contributed by atoms with Crippen LogP contribution in [-0.4, -0.2) is 30.7 Å². The lowest BCUT2D eigenvalue weighted by molar-refractivity contribution is 0.0118. The molecule has 106 valence electrons. The summed E-state index contributed by atoms with van der Waals surface area (Å²) in [5.41, 5.74) is 6.37. The summed E-state index contributed by atoms with van der Waals surface area (Å²) < 4.78 is 25.8. The van der Waals surface area contributed by atoms with Crippen LogP contribution in [0.1, 0.15) is 22.8 Å². The Labute approximate surface area is 115 Å². The van der Waals surface area contributed by atoms with Crippen LogP contribution in [0.2, 0.25) is 0 Å². The second kappa shape index (κ2) is 7.45. The summed E-state index contributed by atoms with van der Waals surface area (Å²) in [5.74, 6) is -1.67. The zero-order valence-corrected chi connectivity index (χ0v) is 11.6. The molecule has 0 aliphatic carbocycles. The van der Waals surface area contributed by atoms with E-state index in [-0.39, 0.29) is 0 Å². The number of amides is 1. The first-order valence-electron chi connectivity index (χ1n) is 6.01. The molecule has 0 saturated heterocycles. The van der Waals surface area contributed by atoms with Crippen molar-refractivity contribution in [2.24, 2.45) is 5.73 Å². The first-order valence-corrected chi connectivity index (χ1v) is 7.17. The number of hydrogen-bond acceptors (Lipinski definition) is 3. The molecule has 1 rings (SSSR count). The Bertz CT molecular complexity index is 410. The van der Waals surface area contributed by atoms with Gasteiger partial charge in [0.1, 0.15) is 0 Å². The molecule has 1 amide bonds. The van der Waals surface area contributed by atoms with Gasteiger partial charge in [0.15, 0.2) is 0 Å². The number of alkyl halides is 2. The number of benzene rings is 1. The minimum absolute atomic E-state index is 0.373. The quantitative estimate of drug-likeness (QED) is 0.809. The summed E-state index contributed by atoms with van der Waals surface area (Å²) in [6.45, 7) is 0.556. The molecule has 0 aromatic heterocycles. The van der Waals surface area contributed by atoms with Crippen LogP contribution in [0.5, 0.6) is 0 Å². The molecule has 1 aromatic rings. The molecule has 1 aromatic carbocycles. The van der Waals surface area contributed by atoms with Crippen molar-refractivity contribution in [3.63, 3.8) is 0 Å². The standard InChI is InChI=1S/C13H18F2N2OS/c1-2-19-7-10-3-5-11(6-4-10)12(18)17-9-13(14,15)8-16/h3-6H,2,7-9,16H2,1H3,(H,17,18). The Morgan fingerprint density at radius 2 is 2.00 bits per heavy atom. The maximum atomic E-state index is 12.9. The van der Waals surface area contributed by atoms with Crippen molar-refractivity contribution in [3.05, 3.63) is 35.4 Å². The maximum Gasteiger partial charge on any atom is 0.277 e. The third kappa shape index (κ3) is 5.57. The van der Waals surface area contributed by atoms with Gasteiger partial charge in [-0.15, -0.1) is 0 Å². The van der Waals surface area contributed by atoms with Crippen molar-refractivity contribution in [1.82, 2.24) is 5.32 Å². The highest BCUT2D eigenvalue weighted by Gasteiger charge is 2.27. The van der Waals surface area contributed by atoms with Crippen LogP contribution >= 0.6 is 11.8 Å². The Morgan fingerprint density at radius 1 is 1.37 bits per heavy atom. The van der Waals surface area contributed by atoms with E-state index in [2.05, 4.69) is 12.2 Å². The Balaban J connectivity index is 2.53. The van der Waals surface area contributed by atoms with Crippen LogP contribution in [0, 0.1) is 0 Å². The second-order valence-electron chi connectivity index (χ2n) is 4.08. The van der Waals surface area contributed by atoms with Gasteiger partial charge in [0.25, 0.3) is 11.8 Å². The number of halogens is 2. The molecule has 0 aliphatic heterocycles. The molecule has 0 heterocycles. The van der Waals surface area contributed by atoms with E-state index < -0.39 is 24.9 Å². The SMILES string of the molecule is CCSCc1ccc(C(=O)NCC(F)(F)CN)cc1. The molecule has 0 fully saturated rings. The lowest BCUT2D eigenvalue weighted by atomic mass is 10.1. The van der Waals surface area contributed by atoms with Crippen LogP contribution in [-0.2, 0) is 5.75 Å². The molecule has 0 spiro atoms. The Kier molecular flexibility index (Phi) is 6.24. The van der Waals surface area contributed by atoms with Gasteiger partial charge >= 0.3 is 0 Å². The van der Waals surface area contributed by atoms with Crippen molar-refractivity contribution in [1.29, 1.82) is 0 Å². The van der Waals surface area contributed by atoms with E-state index in [4.69, 9.17) is 5.73 Å². The van der Waals surface area contributed by atoms with Crippen molar-refractivity contribution in [2.75, 3.05) is 18.8 Å². The van der Waals surface area contributed by atoms with Gasteiger partial charge in [-0.3, -0.25) is 4.79 Å². The van der Waals surface area contributed by atoms with E-state index in [1.54, 1.807) is 23.9 Å². The van der Waals surface area contributed by atoms with Crippen LogP contribution in [0.25, 0.3) is 0 Å². The van der Waals surface area contributed by atoms with E-state index in [0.29, 0.717) is 5.56 Å². The summed E-state index contributed by atoms with van der Waals surface area (Å²) in [6, 6.07) is 6.94. The minimum atomic E-state index is -3.06. The van der Waals surface area contributed by atoms with Crippen molar-refractivity contribution in [2.45, 2.75) is 18.6 Å². The number of rotatable bonds is 7. The molecule has 0 unspecified atom stereocenters. The van der Waals surface area contributed by atoms with Gasteiger partial charge in [-0.2, -0.15) is 11.8 Å². The third-order valence-corrected chi connectivity index (χ3v) is 3.44. The number of nitrogens with two attached hydrogens (primary N) is 1. The predicted octanol–water partition coefficient (Wildman–Crippen LogP) is 2.26. The van der Waals surface area contributed by atoms with Gasteiger partial charge in [-0.1, -0.05) is 19.1 Å². The van der Waals surface area contributed by atoms with Gasteiger partial charge in [0.2, 0.25) is 0 Å². The van der Waals surface area contributed by atoms with E-state index in [1.807, 2.05) is 12.1 Å². The zero-order valence-electron chi connectivity index (χ0n) is 10.8. The lowest BCUT2D eigenvalue weighted by Gasteiger charge is -2.14. The lowest BCUT2D eigenvalue weighted by Crippen LogP contribution is -2.41. The third-order valence-electron chi connectivity index (χ3n) is 2.50. The van der Waals surface area contributed by atoms with Crippen molar-refractivity contribution < 1.29 is 13.6 Å². The maximum absolute atomic E-state index is 12.9. The summed E-state index contributed by atoms with van der Waals surface area (Å²) in [7, 11) is 0. The fourth-order valence-corrected chi connectivity index (χ4v) is 1.99. The van der Waals surface area contributed by atoms with Gasteiger partial charge in [0, 0.05) is 11.3 Å². The van der Waals surface area contributed by atoms with Crippen LogP contribution in [0.15, 0.2) is 24.3 Å². The average molecular weight is 288 g/mol. The highest BCUT2D eigenvalue weighted by Crippen LogP contribution is 2.13. The molecule has 19 heavy (non-hydrogen) atoms. The van der Waals surface area contributed by atoms with Crippen molar-refractivity contribution in [3.8, 4) is 0 Å².